The van der Waals surface area contributed by atoms with Gasteiger partial charge in [-0.25, -0.2) is 0 Å². The van der Waals surface area contributed by atoms with E-state index < -0.39 is 0 Å². The summed E-state index contributed by atoms with van der Waals surface area (Å²) in [7, 11) is 1.66. The summed E-state index contributed by atoms with van der Waals surface area (Å²) < 4.78 is 5.37. The van der Waals surface area contributed by atoms with E-state index in [1.54, 1.807) is 7.11 Å². The lowest BCUT2D eigenvalue weighted by molar-refractivity contribution is 0.292. The second kappa shape index (κ2) is 13.8. The van der Waals surface area contributed by atoms with Crippen LogP contribution in [0.4, 0.5) is 0 Å². The molecular weight excluding hydrogens is 352 g/mol. The van der Waals surface area contributed by atoms with Crippen LogP contribution < -0.4 is 11.1 Å². The number of nitrogens with two attached hydrogens (primary N) is 1. The average Bonchev–Trinajstić information content (AvgIpc) is 2.69. The lowest BCUT2D eigenvalue weighted by Gasteiger charge is -2.10. The molecule has 3 N–H and O–H groups in total. The van der Waals surface area contributed by atoms with Gasteiger partial charge in [0, 0.05) is 48.2 Å². The first kappa shape index (κ1) is 23.8. The molecule has 1 aliphatic heterocycles. The zero-order valence-corrected chi connectivity index (χ0v) is 18.1. The number of ether oxygens (including phenoxy) is 1. The smallest absolute Gasteiger partial charge is 0.103 e. The van der Waals surface area contributed by atoms with Gasteiger partial charge in [0.2, 0.25) is 0 Å². The fourth-order valence-electron chi connectivity index (χ4n) is 2.67. The first-order valence-electron chi connectivity index (χ1n) is 9.93. The van der Waals surface area contributed by atoms with E-state index in [2.05, 4.69) is 20.3 Å². The summed E-state index contributed by atoms with van der Waals surface area (Å²) in [6.07, 6.45) is 5.83. The molecule has 0 saturated carbocycles. The second-order valence-corrected chi connectivity index (χ2v) is 6.62. The minimum atomic E-state index is 0.616. The van der Waals surface area contributed by atoms with Gasteiger partial charge in [0.1, 0.15) is 5.76 Å². The van der Waals surface area contributed by atoms with E-state index in [0.29, 0.717) is 26.2 Å². The van der Waals surface area contributed by atoms with Crippen molar-refractivity contribution in [1.82, 2.24) is 5.32 Å². The monoisotopic (exact) mass is 388 g/mol. The molecule has 0 spiro atoms. The van der Waals surface area contributed by atoms with E-state index in [4.69, 9.17) is 15.5 Å². The van der Waals surface area contributed by atoms with Crippen molar-refractivity contribution in [2.24, 2.45) is 25.7 Å². The fourth-order valence-corrected chi connectivity index (χ4v) is 2.67. The van der Waals surface area contributed by atoms with Gasteiger partial charge in [-0.15, -0.1) is 0 Å². The van der Waals surface area contributed by atoms with Crippen molar-refractivity contribution >= 4 is 23.3 Å². The number of unbranched alkanes of at least 4 members (excludes halogenated alkanes) is 1. The quantitative estimate of drug-likeness (QED) is 0.416. The maximum absolute atomic E-state index is 5.55. The minimum Gasteiger partial charge on any atom is -0.501 e. The Morgan fingerprint density at radius 2 is 1.86 bits per heavy atom. The summed E-state index contributed by atoms with van der Waals surface area (Å²) >= 11 is 0. The molecule has 0 amide bonds. The van der Waals surface area contributed by atoms with Crippen LogP contribution in [0.15, 0.2) is 43.1 Å². The Balaban J connectivity index is 2.99. The number of allylic oxidation sites excluding steroid dienone is 3. The van der Waals surface area contributed by atoms with Gasteiger partial charge < -0.3 is 15.8 Å². The van der Waals surface area contributed by atoms with Gasteiger partial charge in [0.15, 0.2) is 0 Å². The minimum absolute atomic E-state index is 0.616. The first-order valence-corrected chi connectivity index (χ1v) is 9.93. The molecule has 0 unspecified atom stereocenters. The molecule has 0 aliphatic carbocycles. The third-order valence-corrected chi connectivity index (χ3v) is 4.47. The normalized spacial score (nSPS) is 20.9. The van der Waals surface area contributed by atoms with Gasteiger partial charge in [-0.05, 0) is 47.1 Å². The Kier molecular flexibility index (Phi) is 11.7. The van der Waals surface area contributed by atoms with E-state index in [9.17, 15) is 0 Å². The van der Waals surface area contributed by atoms with Gasteiger partial charge in [0.05, 0.1) is 32.3 Å². The molecule has 156 valence electrons. The molecule has 0 fully saturated rings. The van der Waals surface area contributed by atoms with Gasteiger partial charge in [0.25, 0.3) is 0 Å². The Morgan fingerprint density at radius 3 is 2.54 bits per heavy atom. The van der Waals surface area contributed by atoms with Gasteiger partial charge in [-0.3, -0.25) is 20.0 Å². The zero-order chi connectivity index (χ0) is 20.8. The predicted molar refractivity (Wildman–Crippen MR) is 121 cm³/mol. The van der Waals surface area contributed by atoms with Crippen LogP contribution in [0.2, 0.25) is 0 Å². The lowest BCUT2D eigenvalue weighted by Crippen LogP contribution is -2.18. The summed E-state index contributed by atoms with van der Waals surface area (Å²) in [6, 6.07) is 0. The van der Waals surface area contributed by atoms with Crippen molar-refractivity contribution in [2.45, 2.75) is 40.5 Å². The molecule has 0 aromatic heterocycles. The summed E-state index contributed by atoms with van der Waals surface area (Å²) in [5.41, 5.74) is 10.4. The predicted octanol–water partition coefficient (Wildman–Crippen LogP) is 2.59. The highest BCUT2D eigenvalue weighted by Crippen LogP contribution is 2.07. The topological polar surface area (TPSA) is 96.7 Å². The van der Waals surface area contributed by atoms with Crippen LogP contribution >= 0.6 is 0 Å². The first-order chi connectivity index (χ1) is 13.5. The standard InChI is InChI=1S/C21H36N6O/c1-16(25-9-7-6-8-22)20-14-23-10-11-24-15-21(19(4)28-5)18(3)27-13-12-26-17(20)2/h14-15,23H,6-13,22H2,1-5H3/b20-14-,21-19+,24-15?,25-16?,26-17?,27-18?. The molecule has 0 aromatic carbocycles. The van der Waals surface area contributed by atoms with Gasteiger partial charge in [-0.2, -0.15) is 0 Å². The molecule has 0 bridgehead atoms. The van der Waals surface area contributed by atoms with Gasteiger partial charge in [-0.1, -0.05) is 0 Å². The van der Waals surface area contributed by atoms with Crippen molar-refractivity contribution in [3.05, 3.63) is 23.1 Å². The van der Waals surface area contributed by atoms with Crippen LogP contribution in [0.1, 0.15) is 40.5 Å². The Bertz CT molecular complexity index is 670. The summed E-state index contributed by atoms with van der Waals surface area (Å²) in [4.78, 5) is 18.5. The largest absolute Gasteiger partial charge is 0.501 e. The van der Waals surface area contributed by atoms with E-state index in [1.165, 1.54) is 0 Å². The van der Waals surface area contributed by atoms with Crippen LogP contribution in [-0.4, -0.2) is 69.7 Å². The van der Waals surface area contributed by atoms with E-state index in [0.717, 1.165) is 60.0 Å². The molecule has 1 rings (SSSR count). The molecule has 7 nitrogen and oxygen atoms in total. The molecular formula is C21H36N6O. The Morgan fingerprint density at radius 1 is 1.14 bits per heavy atom. The number of hydrogen-bond acceptors (Lipinski definition) is 7. The van der Waals surface area contributed by atoms with Crippen LogP contribution in [-0.2, 0) is 4.74 Å². The molecule has 28 heavy (non-hydrogen) atoms. The van der Waals surface area contributed by atoms with E-state index in [-0.39, 0.29) is 0 Å². The number of aliphatic imine (C=N–C) groups is 4. The highest BCUT2D eigenvalue weighted by atomic mass is 16.5. The Labute approximate surface area is 169 Å². The molecule has 7 heteroatoms. The Hall–Kier alpha value is -2.28. The summed E-state index contributed by atoms with van der Waals surface area (Å²) in [5.74, 6) is 0.813. The number of methoxy groups -OCH3 is 1. The van der Waals surface area contributed by atoms with Crippen LogP contribution in [0.3, 0.4) is 0 Å². The van der Waals surface area contributed by atoms with Crippen molar-refractivity contribution < 1.29 is 4.74 Å². The second-order valence-electron chi connectivity index (χ2n) is 6.62. The molecule has 0 saturated heterocycles. The van der Waals surface area contributed by atoms with Gasteiger partial charge >= 0.3 is 0 Å². The summed E-state index contributed by atoms with van der Waals surface area (Å²) in [6.45, 7) is 12.1. The van der Waals surface area contributed by atoms with Crippen molar-refractivity contribution in [2.75, 3.05) is 46.4 Å². The number of rotatable bonds is 6. The SMILES string of the molecule is CO/C(C)=C1\C=NCCN/C=C(/C(C)=NCCCCN)C(C)=NCCN=C1C. The highest BCUT2D eigenvalue weighted by Gasteiger charge is 2.08. The zero-order valence-electron chi connectivity index (χ0n) is 18.1. The fraction of sp³-hybridized carbons (Fsp3) is 0.619. The van der Waals surface area contributed by atoms with E-state index >= 15 is 0 Å². The average molecular weight is 389 g/mol. The van der Waals surface area contributed by atoms with Crippen molar-refractivity contribution in [3.63, 3.8) is 0 Å². The molecule has 1 aliphatic rings. The number of hydrogen-bond donors (Lipinski definition) is 2. The van der Waals surface area contributed by atoms with Crippen LogP contribution in [0.25, 0.3) is 0 Å². The lowest BCUT2D eigenvalue weighted by atomic mass is 10.1. The number of nitrogens with zero attached hydrogens (tertiary/aromatic N) is 4. The molecule has 1 heterocycles. The third kappa shape index (κ3) is 8.61. The molecule has 0 atom stereocenters. The molecule has 0 radical (unpaired) electrons. The van der Waals surface area contributed by atoms with Crippen LogP contribution in [0.5, 0.6) is 0 Å². The highest BCUT2D eigenvalue weighted by molar-refractivity contribution is 6.22. The van der Waals surface area contributed by atoms with Crippen molar-refractivity contribution in [3.8, 4) is 0 Å². The van der Waals surface area contributed by atoms with Crippen LogP contribution in [0, 0.1) is 0 Å². The third-order valence-electron chi connectivity index (χ3n) is 4.47. The van der Waals surface area contributed by atoms with Crippen molar-refractivity contribution in [1.29, 1.82) is 0 Å². The maximum atomic E-state index is 5.55. The van der Waals surface area contributed by atoms with E-state index in [1.807, 2.05) is 40.1 Å². The number of nitrogens with one attached hydrogen (secondary N) is 1. The maximum Gasteiger partial charge on any atom is 0.103 e. The molecule has 0 aromatic rings. The summed E-state index contributed by atoms with van der Waals surface area (Å²) in [5, 5.41) is 3.34.